The Bertz CT molecular complexity index is 676. The quantitative estimate of drug-likeness (QED) is 0.653. The number of hydrogen-bond donors (Lipinski definition) is 1. The molecule has 0 aromatic heterocycles. The molecule has 1 N–H and O–H groups in total. The third-order valence-electron chi connectivity index (χ3n) is 3.46. The molecule has 0 unspecified atom stereocenters. The third kappa shape index (κ3) is 3.52. The molecule has 0 spiro atoms. The van der Waals surface area contributed by atoms with Gasteiger partial charge in [0, 0.05) is 18.7 Å². The fourth-order valence-electron chi connectivity index (χ4n) is 2.43. The van der Waals surface area contributed by atoms with Gasteiger partial charge in [0.2, 0.25) is 0 Å². The van der Waals surface area contributed by atoms with Gasteiger partial charge in [0.25, 0.3) is 5.69 Å². The Balaban J connectivity index is 2.24. The molecule has 110 valence electrons. The average molecular weight is 305 g/mol. The molecule has 4 nitrogen and oxygen atoms in total. The highest BCUT2D eigenvalue weighted by molar-refractivity contribution is 6.33. The molecule has 0 bridgehead atoms. The zero-order valence-electron chi connectivity index (χ0n) is 12.2. The van der Waals surface area contributed by atoms with E-state index >= 15 is 0 Å². The zero-order chi connectivity index (χ0) is 15.6. The predicted octanol–water partition coefficient (Wildman–Crippen LogP) is 4.79. The third-order valence-corrected chi connectivity index (χ3v) is 3.79. The summed E-state index contributed by atoms with van der Waals surface area (Å²) in [6.07, 6.45) is 0. The van der Waals surface area contributed by atoms with Crippen LogP contribution in [0.2, 0.25) is 5.02 Å². The van der Waals surface area contributed by atoms with Crippen molar-refractivity contribution in [3.8, 4) is 0 Å². The number of non-ortho nitro benzene ring substituents is 1. The first-order valence-corrected chi connectivity index (χ1v) is 7.01. The highest BCUT2D eigenvalue weighted by Crippen LogP contribution is 2.28. The van der Waals surface area contributed by atoms with Gasteiger partial charge in [-0.3, -0.25) is 10.1 Å². The molecule has 0 heterocycles. The van der Waals surface area contributed by atoms with E-state index in [-0.39, 0.29) is 5.69 Å². The number of anilines is 1. The van der Waals surface area contributed by atoms with Crippen molar-refractivity contribution in [2.45, 2.75) is 27.3 Å². The summed E-state index contributed by atoms with van der Waals surface area (Å²) in [5.41, 5.74) is 5.40. The van der Waals surface area contributed by atoms with Gasteiger partial charge in [-0.15, -0.1) is 0 Å². The molecule has 0 saturated carbocycles. The van der Waals surface area contributed by atoms with Crippen LogP contribution in [0, 0.1) is 30.9 Å². The SMILES string of the molecule is Cc1cc(C)c(CNc2cc([N+](=O)[O-])ccc2Cl)c(C)c1. The van der Waals surface area contributed by atoms with Crippen molar-refractivity contribution in [2.24, 2.45) is 0 Å². The second-order valence-electron chi connectivity index (χ2n) is 5.15. The minimum absolute atomic E-state index is 0.0271. The number of benzene rings is 2. The van der Waals surface area contributed by atoms with Crippen LogP contribution in [0.15, 0.2) is 30.3 Å². The van der Waals surface area contributed by atoms with E-state index in [2.05, 4.69) is 38.2 Å². The Morgan fingerprint density at radius 2 is 1.76 bits per heavy atom. The molecule has 0 amide bonds. The predicted molar refractivity (Wildman–Crippen MR) is 86.1 cm³/mol. The van der Waals surface area contributed by atoms with Crippen LogP contribution in [0.1, 0.15) is 22.3 Å². The highest BCUT2D eigenvalue weighted by atomic mass is 35.5. The normalized spacial score (nSPS) is 10.5. The van der Waals surface area contributed by atoms with Crippen molar-refractivity contribution in [1.29, 1.82) is 0 Å². The molecule has 0 fully saturated rings. The van der Waals surface area contributed by atoms with Crippen LogP contribution in [0.5, 0.6) is 0 Å². The molecule has 2 aromatic rings. The lowest BCUT2D eigenvalue weighted by molar-refractivity contribution is -0.384. The monoisotopic (exact) mass is 304 g/mol. The van der Waals surface area contributed by atoms with Gasteiger partial charge in [0.1, 0.15) is 0 Å². The van der Waals surface area contributed by atoms with E-state index in [0.29, 0.717) is 17.3 Å². The largest absolute Gasteiger partial charge is 0.380 e. The van der Waals surface area contributed by atoms with Crippen LogP contribution in [-0.4, -0.2) is 4.92 Å². The number of nitro groups is 1. The van der Waals surface area contributed by atoms with E-state index in [9.17, 15) is 10.1 Å². The lowest BCUT2D eigenvalue weighted by Crippen LogP contribution is -2.05. The van der Waals surface area contributed by atoms with Gasteiger partial charge in [0.05, 0.1) is 15.6 Å². The maximum absolute atomic E-state index is 10.8. The van der Waals surface area contributed by atoms with Crippen molar-refractivity contribution in [2.75, 3.05) is 5.32 Å². The molecule has 5 heteroatoms. The first-order valence-electron chi connectivity index (χ1n) is 6.63. The topological polar surface area (TPSA) is 55.2 Å². The molecule has 2 rings (SSSR count). The van der Waals surface area contributed by atoms with E-state index in [1.807, 2.05) is 0 Å². The molecule has 0 aliphatic rings. The first kappa shape index (κ1) is 15.3. The smallest absolute Gasteiger partial charge is 0.271 e. The maximum Gasteiger partial charge on any atom is 0.271 e. The summed E-state index contributed by atoms with van der Waals surface area (Å²) in [5.74, 6) is 0. The van der Waals surface area contributed by atoms with Gasteiger partial charge in [-0.25, -0.2) is 0 Å². The molecule has 0 saturated heterocycles. The molecular weight excluding hydrogens is 288 g/mol. The van der Waals surface area contributed by atoms with Gasteiger partial charge in [-0.2, -0.15) is 0 Å². The summed E-state index contributed by atoms with van der Waals surface area (Å²) in [6.45, 7) is 6.77. The number of nitro benzene ring substituents is 1. The fourth-order valence-corrected chi connectivity index (χ4v) is 2.62. The number of nitrogens with one attached hydrogen (secondary N) is 1. The second-order valence-corrected chi connectivity index (χ2v) is 5.56. The van der Waals surface area contributed by atoms with E-state index < -0.39 is 4.92 Å². The number of halogens is 1. The molecular formula is C16H17ClN2O2. The summed E-state index contributed by atoms with van der Waals surface area (Å²) in [5, 5.41) is 14.5. The Morgan fingerprint density at radius 3 is 2.33 bits per heavy atom. The Morgan fingerprint density at radius 1 is 1.14 bits per heavy atom. The van der Waals surface area contributed by atoms with Crippen LogP contribution in [0.25, 0.3) is 0 Å². The lowest BCUT2D eigenvalue weighted by Gasteiger charge is -2.14. The van der Waals surface area contributed by atoms with Gasteiger partial charge in [0.15, 0.2) is 0 Å². The minimum Gasteiger partial charge on any atom is -0.380 e. The summed E-state index contributed by atoms with van der Waals surface area (Å²) < 4.78 is 0. The molecule has 0 aliphatic carbocycles. The van der Waals surface area contributed by atoms with Crippen molar-refractivity contribution in [3.05, 3.63) is 67.7 Å². The average Bonchev–Trinajstić information content (AvgIpc) is 2.39. The summed E-state index contributed by atoms with van der Waals surface area (Å²) in [6, 6.07) is 8.64. The highest BCUT2D eigenvalue weighted by Gasteiger charge is 2.10. The first-order chi connectivity index (χ1) is 9.88. The number of nitrogens with zero attached hydrogens (tertiary/aromatic N) is 1. The Labute approximate surface area is 128 Å². The van der Waals surface area contributed by atoms with E-state index in [1.165, 1.54) is 40.5 Å². The summed E-state index contributed by atoms with van der Waals surface area (Å²) in [7, 11) is 0. The van der Waals surface area contributed by atoms with Crippen molar-refractivity contribution in [3.63, 3.8) is 0 Å². The molecule has 2 aromatic carbocycles. The number of aryl methyl sites for hydroxylation is 3. The van der Waals surface area contributed by atoms with Crippen LogP contribution in [0.3, 0.4) is 0 Å². The number of hydrogen-bond acceptors (Lipinski definition) is 3. The van der Waals surface area contributed by atoms with E-state index in [0.717, 1.165) is 0 Å². The van der Waals surface area contributed by atoms with Gasteiger partial charge >= 0.3 is 0 Å². The van der Waals surface area contributed by atoms with Gasteiger partial charge < -0.3 is 5.32 Å². The van der Waals surface area contributed by atoms with Crippen molar-refractivity contribution < 1.29 is 4.92 Å². The molecule has 21 heavy (non-hydrogen) atoms. The van der Waals surface area contributed by atoms with Gasteiger partial charge in [-0.1, -0.05) is 29.3 Å². The Kier molecular flexibility index (Phi) is 4.48. The number of rotatable bonds is 4. The van der Waals surface area contributed by atoms with Crippen molar-refractivity contribution in [1.82, 2.24) is 0 Å². The molecule has 0 radical (unpaired) electrons. The summed E-state index contributed by atoms with van der Waals surface area (Å²) in [4.78, 5) is 10.4. The maximum atomic E-state index is 10.8. The van der Waals surface area contributed by atoms with Crippen LogP contribution in [-0.2, 0) is 6.54 Å². The van der Waals surface area contributed by atoms with Crippen LogP contribution >= 0.6 is 11.6 Å². The lowest BCUT2D eigenvalue weighted by atomic mass is 10.00. The Hall–Kier alpha value is -2.07. The van der Waals surface area contributed by atoms with E-state index in [1.54, 1.807) is 0 Å². The minimum atomic E-state index is -0.427. The zero-order valence-corrected chi connectivity index (χ0v) is 13.0. The fraction of sp³-hybridized carbons (Fsp3) is 0.250. The van der Waals surface area contributed by atoms with Gasteiger partial charge in [-0.05, 0) is 43.5 Å². The molecule has 0 atom stereocenters. The molecule has 0 aliphatic heterocycles. The second kappa shape index (κ2) is 6.14. The van der Waals surface area contributed by atoms with Crippen LogP contribution in [0.4, 0.5) is 11.4 Å². The standard InChI is InChI=1S/C16H17ClN2O2/c1-10-6-11(2)14(12(3)7-10)9-18-16-8-13(19(20)21)4-5-15(16)17/h4-8,18H,9H2,1-3H3. The van der Waals surface area contributed by atoms with Crippen molar-refractivity contribution >= 4 is 23.0 Å². The summed E-state index contributed by atoms with van der Waals surface area (Å²) >= 11 is 6.09. The van der Waals surface area contributed by atoms with E-state index in [4.69, 9.17) is 11.6 Å². The van der Waals surface area contributed by atoms with Crippen LogP contribution < -0.4 is 5.32 Å².